The molecule has 0 radical (unpaired) electrons. The number of hydrogen-bond donors (Lipinski definition) is 4. The summed E-state index contributed by atoms with van der Waals surface area (Å²) in [6.45, 7) is 0.748. The van der Waals surface area contributed by atoms with Crippen LogP contribution in [0.3, 0.4) is 0 Å². The molecule has 5 heteroatoms. The van der Waals surface area contributed by atoms with Crippen LogP contribution in [0.15, 0.2) is 12.1 Å². The zero-order valence-electron chi connectivity index (χ0n) is 15.7. The number of piperidine rings is 1. The van der Waals surface area contributed by atoms with Gasteiger partial charge in [0.05, 0.1) is 5.60 Å². The van der Waals surface area contributed by atoms with E-state index >= 15 is 0 Å². The number of fused-ring (bicyclic) bond motifs is 1. The largest absolute Gasteiger partial charge is 0.508 e. The molecule has 1 saturated heterocycles. The van der Waals surface area contributed by atoms with E-state index in [-0.39, 0.29) is 30.1 Å². The third-order valence-electron chi connectivity index (χ3n) is 7.77. The Balaban J connectivity index is 1.65. The second kappa shape index (κ2) is 6.03. The Morgan fingerprint density at radius 2 is 2.07 bits per heavy atom. The number of carbonyl (C=O) groups excluding carboxylic acids is 1. The number of rotatable bonds is 4. The molecule has 5 nitrogen and oxygen atoms in total. The fourth-order valence-electron chi connectivity index (χ4n) is 6.21. The molecule has 4 aliphatic rings. The number of nitrogens with one attached hydrogen (secondary N) is 1. The molecule has 146 valence electrons. The Kier molecular flexibility index (Phi) is 3.94. The number of ketones is 1. The van der Waals surface area contributed by atoms with E-state index in [2.05, 4.69) is 5.32 Å². The Hall–Kier alpha value is -1.43. The molecule has 4 unspecified atom stereocenters. The van der Waals surface area contributed by atoms with Gasteiger partial charge in [-0.1, -0.05) is 0 Å². The maximum Gasteiger partial charge on any atom is 0.137 e. The van der Waals surface area contributed by atoms with Crippen LogP contribution in [0.1, 0.15) is 55.2 Å². The summed E-state index contributed by atoms with van der Waals surface area (Å²) in [5.41, 5.74) is 1.84. The van der Waals surface area contributed by atoms with Crippen LogP contribution in [0, 0.1) is 11.8 Å². The van der Waals surface area contributed by atoms with Gasteiger partial charge in [-0.3, -0.25) is 4.79 Å². The summed E-state index contributed by atoms with van der Waals surface area (Å²) in [7, 11) is 0. The van der Waals surface area contributed by atoms with Crippen LogP contribution < -0.4 is 5.32 Å². The zero-order chi connectivity index (χ0) is 18.8. The molecule has 5 rings (SSSR count). The average molecular weight is 371 g/mol. The number of aliphatic hydroxyl groups excluding tert-OH is 1. The molecule has 3 aliphatic carbocycles. The van der Waals surface area contributed by atoms with Crippen molar-refractivity contribution in [2.45, 2.75) is 68.4 Å². The average Bonchev–Trinajstić information content (AvgIpc) is 3.41. The van der Waals surface area contributed by atoms with Crippen molar-refractivity contribution in [3.05, 3.63) is 28.8 Å². The predicted molar refractivity (Wildman–Crippen MR) is 101 cm³/mol. The first-order valence-electron chi connectivity index (χ1n) is 10.4. The molecule has 2 saturated carbocycles. The molecule has 4 N–H and O–H groups in total. The first-order chi connectivity index (χ1) is 13.0. The van der Waals surface area contributed by atoms with Crippen LogP contribution in [-0.2, 0) is 23.1 Å². The standard InChI is InChI=1S/C22H29NO4/c24-6-3-14-11-22(27)20-10-17-15(7-13-1-2-13)8-16(25)9-18(17)21(22,4-5-23-20)12-19(14)26/h8-9,13-14,20,23-25,27H,1-7,10-12H2. The van der Waals surface area contributed by atoms with Crippen molar-refractivity contribution in [3.63, 3.8) is 0 Å². The molecule has 0 spiro atoms. The molecule has 2 bridgehead atoms. The Morgan fingerprint density at radius 3 is 2.81 bits per heavy atom. The van der Waals surface area contributed by atoms with Gasteiger partial charge in [-0.25, -0.2) is 0 Å². The number of aromatic hydroxyl groups is 1. The van der Waals surface area contributed by atoms with Gasteiger partial charge < -0.3 is 20.6 Å². The fraction of sp³-hybridized carbons (Fsp3) is 0.682. The second-order valence-electron chi connectivity index (χ2n) is 9.30. The highest BCUT2D eigenvalue weighted by Crippen LogP contribution is 2.58. The first kappa shape index (κ1) is 17.7. The van der Waals surface area contributed by atoms with Crippen molar-refractivity contribution in [2.24, 2.45) is 11.8 Å². The van der Waals surface area contributed by atoms with E-state index in [1.807, 2.05) is 12.1 Å². The van der Waals surface area contributed by atoms with Gasteiger partial charge >= 0.3 is 0 Å². The molecular weight excluding hydrogens is 342 g/mol. The van der Waals surface area contributed by atoms with Gasteiger partial charge in [-0.05, 0) is 86.2 Å². The molecule has 27 heavy (non-hydrogen) atoms. The van der Waals surface area contributed by atoms with Gasteiger partial charge in [0.15, 0.2) is 0 Å². The van der Waals surface area contributed by atoms with Crippen molar-refractivity contribution >= 4 is 5.78 Å². The van der Waals surface area contributed by atoms with Crippen molar-refractivity contribution in [1.29, 1.82) is 0 Å². The lowest BCUT2D eigenvalue weighted by Gasteiger charge is -2.62. The molecule has 1 aromatic rings. The van der Waals surface area contributed by atoms with Crippen LogP contribution in [0.25, 0.3) is 0 Å². The summed E-state index contributed by atoms with van der Waals surface area (Å²) in [6, 6.07) is 3.64. The molecule has 0 aromatic heterocycles. The predicted octanol–water partition coefficient (Wildman–Crippen LogP) is 1.59. The van der Waals surface area contributed by atoms with E-state index in [9.17, 15) is 20.1 Å². The van der Waals surface area contributed by atoms with Crippen molar-refractivity contribution in [3.8, 4) is 5.75 Å². The van der Waals surface area contributed by atoms with Gasteiger partial charge in [0.1, 0.15) is 11.5 Å². The molecular formula is C22H29NO4. The maximum absolute atomic E-state index is 12.9. The summed E-state index contributed by atoms with van der Waals surface area (Å²) in [6.07, 6.45) is 6.07. The van der Waals surface area contributed by atoms with Gasteiger partial charge in [0.2, 0.25) is 0 Å². The Bertz CT molecular complexity index is 789. The fourth-order valence-corrected chi connectivity index (χ4v) is 6.21. The second-order valence-corrected chi connectivity index (χ2v) is 9.30. The third-order valence-corrected chi connectivity index (χ3v) is 7.77. The van der Waals surface area contributed by atoms with Gasteiger partial charge in [-0.15, -0.1) is 0 Å². The lowest BCUT2D eigenvalue weighted by Crippen LogP contribution is -2.73. The highest BCUT2D eigenvalue weighted by molar-refractivity contribution is 5.85. The SMILES string of the molecule is O=C1CC23CCNC(Cc4c(CC5CC5)cc(O)cc42)C3(O)CC1CCO. The number of aliphatic hydroxyl groups is 2. The molecule has 4 atom stereocenters. The number of benzene rings is 1. The molecule has 3 fully saturated rings. The Morgan fingerprint density at radius 1 is 1.26 bits per heavy atom. The van der Waals surface area contributed by atoms with E-state index in [4.69, 9.17) is 0 Å². The molecule has 0 amide bonds. The van der Waals surface area contributed by atoms with Crippen LogP contribution in [0.4, 0.5) is 0 Å². The maximum atomic E-state index is 12.9. The summed E-state index contributed by atoms with van der Waals surface area (Å²) in [5, 5.41) is 35.3. The minimum absolute atomic E-state index is 0.0273. The third kappa shape index (κ3) is 2.51. The van der Waals surface area contributed by atoms with Crippen molar-refractivity contribution < 1.29 is 20.1 Å². The summed E-state index contributed by atoms with van der Waals surface area (Å²) in [4.78, 5) is 12.9. The zero-order valence-corrected chi connectivity index (χ0v) is 15.7. The lowest BCUT2D eigenvalue weighted by molar-refractivity contribution is -0.159. The lowest BCUT2D eigenvalue weighted by atomic mass is 9.48. The smallest absolute Gasteiger partial charge is 0.137 e. The van der Waals surface area contributed by atoms with Crippen LogP contribution in [0.2, 0.25) is 0 Å². The van der Waals surface area contributed by atoms with E-state index in [1.165, 1.54) is 24.0 Å². The Labute approximate surface area is 159 Å². The number of phenolic OH excluding ortho intramolecular Hbond substituents is 1. The summed E-state index contributed by atoms with van der Waals surface area (Å²) in [5.74, 6) is 0.835. The van der Waals surface area contributed by atoms with Crippen molar-refractivity contribution in [1.82, 2.24) is 5.32 Å². The molecule has 1 heterocycles. The van der Waals surface area contributed by atoms with Gasteiger partial charge in [-0.2, -0.15) is 0 Å². The highest BCUT2D eigenvalue weighted by atomic mass is 16.3. The number of hydrogen-bond acceptors (Lipinski definition) is 5. The monoisotopic (exact) mass is 371 g/mol. The van der Waals surface area contributed by atoms with E-state index in [0.29, 0.717) is 31.6 Å². The minimum Gasteiger partial charge on any atom is -0.508 e. The topological polar surface area (TPSA) is 89.8 Å². The highest BCUT2D eigenvalue weighted by Gasteiger charge is 2.64. The van der Waals surface area contributed by atoms with Gasteiger partial charge in [0, 0.05) is 30.4 Å². The molecule has 1 aromatic carbocycles. The van der Waals surface area contributed by atoms with Crippen LogP contribution in [-0.4, -0.2) is 45.9 Å². The number of carbonyl (C=O) groups is 1. The molecule has 1 aliphatic heterocycles. The van der Waals surface area contributed by atoms with E-state index < -0.39 is 11.0 Å². The van der Waals surface area contributed by atoms with Crippen molar-refractivity contribution in [2.75, 3.05) is 13.2 Å². The van der Waals surface area contributed by atoms with Crippen LogP contribution >= 0.6 is 0 Å². The summed E-state index contributed by atoms with van der Waals surface area (Å²) >= 11 is 0. The van der Waals surface area contributed by atoms with Gasteiger partial charge in [0.25, 0.3) is 0 Å². The first-order valence-corrected chi connectivity index (χ1v) is 10.4. The summed E-state index contributed by atoms with van der Waals surface area (Å²) < 4.78 is 0. The quantitative estimate of drug-likeness (QED) is 0.645. The van der Waals surface area contributed by atoms with E-state index in [0.717, 1.165) is 24.9 Å². The van der Waals surface area contributed by atoms with Crippen LogP contribution in [0.5, 0.6) is 5.75 Å². The van der Waals surface area contributed by atoms with E-state index in [1.54, 1.807) is 0 Å². The number of Topliss-reactive ketones (excluding diaryl/α,β-unsaturated/α-hetero) is 1. The normalized spacial score (nSPS) is 37.6. The number of phenols is 1. The minimum atomic E-state index is -1.00.